The summed E-state index contributed by atoms with van der Waals surface area (Å²) in [6.07, 6.45) is 1.03. The molecule has 0 N–H and O–H groups in total. The van der Waals surface area contributed by atoms with Crippen molar-refractivity contribution in [1.29, 1.82) is 0 Å². The topological polar surface area (TPSA) is 26.3 Å². The molecular formula is C12H16I2O2. The minimum atomic E-state index is -0.231. The van der Waals surface area contributed by atoms with Crippen LogP contribution in [0.1, 0.15) is 30.6 Å². The summed E-state index contributed by atoms with van der Waals surface area (Å²) < 4.78 is 5.14. The molecule has 0 saturated heterocycles. The first-order valence-corrected chi connectivity index (χ1v) is 11.4. The second-order valence-electron chi connectivity index (χ2n) is 3.48. The Kier molecular flexibility index (Phi) is 10.4. The SMILES string of the molecule is CCC(C)COC(=O)c1ccccc1.II. The van der Waals surface area contributed by atoms with Crippen molar-refractivity contribution < 1.29 is 9.53 Å². The summed E-state index contributed by atoms with van der Waals surface area (Å²) >= 11 is 4.24. The van der Waals surface area contributed by atoms with Gasteiger partial charge in [-0.25, -0.2) is 4.79 Å². The van der Waals surface area contributed by atoms with Crippen LogP contribution in [0, 0.1) is 5.92 Å². The molecule has 1 aromatic carbocycles. The molecule has 0 heterocycles. The summed E-state index contributed by atoms with van der Waals surface area (Å²) in [6.45, 7) is 4.66. The van der Waals surface area contributed by atoms with Gasteiger partial charge in [0.1, 0.15) is 0 Å². The summed E-state index contributed by atoms with van der Waals surface area (Å²) in [7, 11) is 0. The Balaban J connectivity index is 0.00000106. The molecule has 2 nitrogen and oxygen atoms in total. The zero-order valence-electron chi connectivity index (χ0n) is 9.45. The molecule has 0 radical (unpaired) electrons. The number of carbonyl (C=O) groups is 1. The Morgan fingerprint density at radius 2 is 1.88 bits per heavy atom. The van der Waals surface area contributed by atoms with Crippen molar-refractivity contribution in [3.8, 4) is 0 Å². The van der Waals surface area contributed by atoms with Crippen LogP contribution >= 0.6 is 37.2 Å². The van der Waals surface area contributed by atoms with Crippen LogP contribution in [0.5, 0.6) is 0 Å². The van der Waals surface area contributed by atoms with E-state index in [9.17, 15) is 4.79 Å². The lowest BCUT2D eigenvalue weighted by atomic mass is 10.1. The third-order valence-corrected chi connectivity index (χ3v) is 2.21. The molecular weight excluding hydrogens is 430 g/mol. The molecule has 0 spiro atoms. The lowest BCUT2D eigenvalue weighted by molar-refractivity contribution is 0.0447. The molecule has 1 atom stereocenters. The van der Waals surface area contributed by atoms with Crippen molar-refractivity contribution in [3.63, 3.8) is 0 Å². The van der Waals surface area contributed by atoms with Gasteiger partial charge in [-0.05, 0) is 18.1 Å². The van der Waals surface area contributed by atoms with Gasteiger partial charge in [-0.3, -0.25) is 0 Å². The monoisotopic (exact) mass is 446 g/mol. The number of carbonyl (C=O) groups excluding carboxylic acids is 1. The van der Waals surface area contributed by atoms with Gasteiger partial charge in [0.2, 0.25) is 0 Å². The molecule has 0 fully saturated rings. The van der Waals surface area contributed by atoms with Crippen LogP contribution in [0.2, 0.25) is 0 Å². The number of hydrogen-bond donors (Lipinski definition) is 0. The van der Waals surface area contributed by atoms with Crippen LogP contribution in [0.3, 0.4) is 0 Å². The number of ether oxygens (including phenoxy) is 1. The molecule has 1 unspecified atom stereocenters. The largest absolute Gasteiger partial charge is 0.462 e. The van der Waals surface area contributed by atoms with Crippen LogP contribution in [0.25, 0.3) is 0 Å². The van der Waals surface area contributed by atoms with Gasteiger partial charge in [0.15, 0.2) is 0 Å². The van der Waals surface area contributed by atoms with Crippen molar-refractivity contribution in [3.05, 3.63) is 35.9 Å². The second-order valence-corrected chi connectivity index (χ2v) is 3.48. The Bertz CT molecular complexity index is 288. The number of rotatable bonds is 4. The summed E-state index contributed by atoms with van der Waals surface area (Å²) in [4.78, 5) is 11.4. The normalized spacial score (nSPS) is 11.0. The van der Waals surface area contributed by atoms with Crippen LogP contribution in [0.15, 0.2) is 30.3 Å². The first kappa shape index (κ1) is 16.1. The molecule has 90 valence electrons. The second kappa shape index (κ2) is 10.3. The Labute approximate surface area is 120 Å². The Morgan fingerprint density at radius 3 is 2.38 bits per heavy atom. The minimum Gasteiger partial charge on any atom is -0.462 e. The van der Waals surface area contributed by atoms with E-state index in [1.54, 1.807) is 12.1 Å². The molecule has 0 aliphatic heterocycles. The molecule has 0 aliphatic rings. The zero-order chi connectivity index (χ0) is 12.4. The summed E-state index contributed by atoms with van der Waals surface area (Å²) in [5.74, 6) is 0.202. The minimum absolute atomic E-state index is 0.231. The fourth-order valence-corrected chi connectivity index (χ4v) is 0.993. The van der Waals surface area contributed by atoms with E-state index in [1.807, 2.05) is 18.2 Å². The standard InChI is InChI=1S/C12H16O2.I2/c1-3-10(2)9-14-12(13)11-7-5-4-6-8-11;1-2/h4-8,10H,3,9H2,1-2H3;. The fourth-order valence-electron chi connectivity index (χ4n) is 0.993. The van der Waals surface area contributed by atoms with E-state index in [1.165, 1.54) is 0 Å². The molecule has 1 aromatic rings. The van der Waals surface area contributed by atoms with Gasteiger partial charge < -0.3 is 4.74 Å². The number of hydrogen-bond acceptors (Lipinski definition) is 2. The number of esters is 1. The highest BCUT2D eigenvalue weighted by Crippen LogP contribution is 2.05. The zero-order valence-corrected chi connectivity index (χ0v) is 13.8. The van der Waals surface area contributed by atoms with Gasteiger partial charge in [-0.1, -0.05) is 38.5 Å². The average Bonchev–Trinajstić information content (AvgIpc) is 2.38. The smallest absolute Gasteiger partial charge is 0.338 e. The molecule has 0 saturated carbocycles. The molecule has 0 aliphatic carbocycles. The average molecular weight is 446 g/mol. The molecule has 0 bridgehead atoms. The van der Waals surface area contributed by atoms with Crippen molar-refractivity contribution in [1.82, 2.24) is 0 Å². The maximum absolute atomic E-state index is 11.4. The molecule has 0 amide bonds. The lowest BCUT2D eigenvalue weighted by Crippen LogP contribution is -2.11. The third-order valence-electron chi connectivity index (χ3n) is 2.21. The van der Waals surface area contributed by atoms with E-state index in [0.717, 1.165) is 6.42 Å². The highest BCUT2D eigenvalue weighted by atomic mass is 128. The Morgan fingerprint density at radius 1 is 1.31 bits per heavy atom. The highest BCUT2D eigenvalue weighted by Gasteiger charge is 2.07. The van der Waals surface area contributed by atoms with Crippen molar-refractivity contribution in [2.75, 3.05) is 6.61 Å². The molecule has 0 aromatic heterocycles. The van der Waals surface area contributed by atoms with E-state index in [4.69, 9.17) is 4.74 Å². The van der Waals surface area contributed by atoms with Crippen LogP contribution < -0.4 is 0 Å². The van der Waals surface area contributed by atoms with Gasteiger partial charge >= 0.3 is 5.97 Å². The van der Waals surface area contributed by atoms with E-state index >= 15 is 0 Å². The third kappa shape index (κ3) is 6.67. The van der Waals surface area contributed by atoms with E-state index in [2.05, 4.69) is 51.1 Å². The lowest BCUT2D eigenvalue weighted by Gasteiger charge is -2.09. The molecule has 4 heteroatoms. The van der Waals surface area contributed by atoms with Gasteiger partial charge in [-0.2, -0.15) is 0 Å². The first-order chi connectivity index (χ1) is 7.74. The van der Waals surface area contributed by atoms with Crippen LogP contribution in [-0.4, -0.2) is 12.6 Å². The number of halogens is 2. The van der Waals surface area contributed by atoms with Gasteiger partial charge in [0.25, 0.3) is 0 Å². The first-order valence-electron chi connectivity index (χ1n) is 5.10. The Hall–Kier alpha value is 0.150. The van der Waals surface area contributed by atoms with Crippen molar-refractivity contribution >= 4 is 43.2 Å². The number of benzene rings is 1. The molecule has 16 heavy (non-hydrogen) atoms. The highest BCUT2D eigenvalue weighted by molar-refractivity contribution is 15.0. The van der Waals surface area contributed by atoms with E-state index < -0.39 is 0 Å². The van der Waals surface area contributed by atoms with E-state index in [0.29, 0.717) is 18.1 Å². The fraction of sp³-hybridized carbons (Fsp3) is 0.417. The maximum Gasteiger partial charge on any atom is 0.338 e. The van der Waals surface area contributed by atoms with Gasteiger partial charge in [0.05, 0.1) is 12.2 Å². The quantitative estimate of drug-likeness (QED) is 0.497. The maximum atomic E-state index is 11.4. The van der Waals surface area contributed by atoms with E-state index in [-0.39, 0.29) is 5.97 Å². The molecule has 1 rings (SSSR count). The summed E-state index contributed by atoms with van der Waals surface area (Å²) in [5.41, 5.74) is 0.621. The predicted octanol–water partition coefficient (Wildman–Crippen LogP) is 4.66. The van der Waals surface area contributed by atoms with Crippen LogP contribution in [-0.2, 0) is 4.74 Å². The van der Waals surface area contributed by atoms with Crippen molar-refractivity contribution in [2.45, 2.75) is 20.3 Å². The van der Waals surface area contributed by atoms with Gasteiger partial charge in [0, 0.05) is 37.2 Å². The summed E-state index contributed by atoms with van der Waals surface area (Å²) in [5, 5.41) is 0. The van der Waals surface area contributed by atoms with Crippen LogP contribution in [0.4, 0.5) is 0 Å². The predicted molar refractivity (Wildman–Crippen MR) is 84.2 cm³/mol. The van der Waals surface area contributed by atoms with Gasteiger partial charge in [-0.15, -0.1) is 0 Å². The van der Waals surface area contributed by atoms with Crippen molar-refractivity contribution in [2.24, 2.45) is 5.92 Å². The summed E-state index contributed by atoms with van der Waals surface area (Å²) in [6, 6.07) is 9.07.